The van der Waals surface area contributed by atoms with E-state index in [1.54, 1.807) is 30.3 Å². The molecule has 0 bridgehead atoms. The molecule has 2 rings (SSSR count). The Morgan fingerprint density at radius 1 is 1.18 bits per heavy atom. The molecule has 0 radical (unpaired) electrons. The minimum absolute atomic E-state index is 0.258. The maximum atomic E-state index is 12.0. The van der Waals surface area contributed by atoms with Gasteiger partial charge >= 0.3 is 0 Å². The smallest absolute Gasteiger partial charge is 0.265 e. The number of allylic oxidation sites excluding steroid dienone is 1. The van der Waals surface area contributed by atoms with Gasteiger partial charge in [0.25, 0.3) is 11.8 Å². The van der Waals surface area contributed by atoms with Crippen LogP contribution in [-0.2, 0) is 9.59 Å². The highest BCUT2D eigenvalue weighted by molar-refractivity contribution is 6.31. The number of nitrogens with zero attached hydrogens (tertiary/aromatic N) is 1. The summed E-state index contributed by atoms with van der Waals surface area (Å²) in [6.45, 7) is 1.98. The third-order valence-corrected chi connectivity index (χ3v) is 2.50. The van der Waals surface area contributed by atoms with Crippen LogP contribution in [0.2, 0.25) is 0 Å². The summed E-state index contributed by atoms with van der Waals surface area (Å²) in [4.78, 5) is 25.0. The predicted molar refractivity (Wildman–Crippen MR) is 66.4 cm³/mol. The predicted octanol–water partition coefficient (Wildman–Crippen LogP) is 2.45. The van der Waals surface area contributed by atoms with Gasteiger partial charge < -0.3 is 0 Å². The molecular weight excluding hydrogens is 214 g/mol. The van der Waals surface area contributed by atoms with Crippen molar-refractivity contribution in [1.82, 2.24) is 0 Å². The van der Waals surface area contributed by atoms with Gasteiger partial charge in [-0.25, -0.2) is 4.90 Å². The molecule has 86 valence electrons. The van der Waals surface area contributed by atoms with Crippen molar-refractivity contribution < 1.29 is 9.59 Å². The lowest BCUT2D eigenvalue weighted by molar-refractivity contribution is -0.120. The first-order valence-corrected chi connectivity index (χ1v) is 5.55. The highest BCUT2D eigenvalue weighted by atomic mass is 16.2. The Morgan fingerprint density at radius 2 is 1.88 bits per heavy atom. The van der Waals surface area contributed by atoms with E-state index in [1.807, 2.05) is 19.1 Å². The van der Waals surface area contributed by atoms with Crippen LogP contribution in [0.25, 0.3) is 0 Å². The molecule has 1 aromatic carbocycles. The third-order valence-electron chi connectivity index (χ3n) is 2.50. The highest BCUT2D eigenvalue weighted by Gasteiger charge is 2.30. The first-order valence-electron chi connectivity index (χ1n) is 5.55. The number of rotatable bonds is 3. The Hall–Kier alpha value is -2.16. The Balaban J connectivity index is 2.28. The molecule has 0 fully saturated rings. The van der Waals surface area contributed by atoms with E-state index in [4.69, 9.17) is 0 Å². The zero-order valence-corrected chi connectivity index (χ0v) is 9.59. The van der Waals surface area contributed by atoms with Crippen molar-refractivity contribution in [3.05, 3.63) is 54.1 Å². The first kappa shape index (κ1) is 11.3. The van der Waals surface area contributed by atoms with Crippen LogP contribution in [0, 0.1) is 0 Å². The van der Waals surface area contributed by atoms with Gasteiger partial charge in [0.15, 0.2) is 0 Å². The largest absolute Gasteiger partial charge is 0.269 e. The van der Waals surface area contributed by atoms with Gasteiger partial charge in [0.2, 0.25) is 0 Å². The minimum Gasteiger partial charge on any atom is -0.269 e. The molecule has 0 saturated carbocycles. The van der Waals surface area contributed by atoms with E-state index in [-0.39, 0.29) is 11.8 Å². The number of carbonyl (C=O) groups excluding carboxylic acids is 2. The molecule has 17 heavy (non-hydrogen) atoms. The average molecular weight is 227 g/mol. The van der Waals surface area contributed by atoms with Crippen LogP contribution in [-0.4, -0.2) is 11.8 Å². The third kappa shape index (κ3) is 2.18. The van der Waals surface area contributed by atoms with Gasteiger partial charge in [-0.1, -0.05) is 37.3 Å². The summed E-state index contributed by atoms with van der Waals surface area (Å²) in [5, 5.41) is 0. The molecule has 1 aromatic rings. The quantitative estimate of drug-likeness (QED) is 0.744. The molecule has 1 aliphatic rings. The Morgan fingerprint density at radius 3 is 2.53 bits per heavy atom. The van der Waals surface area contributed by atoms with Crippen LogP contribution in [0.3, 0.4) is 0 Å². The summed E-state index contributed by atoms with van der Waals surface area (Å²) < 4.78 is 0. The van der Waals surface area contributed by atoms with Crippen molar-refractivity contribution in [3.63, 3.8) is 0 Å². The number of anilines is 1. The number of amides is 2. The van der Waals surface area contributed by atoms with Crippen LogP contribution >= 0.6 is 0 Å². The fourth-order valence-corrected chi connectivity index (χ4v) is 1.67. The van der Waals surface area contributed by atoms with Gasteiger partial charge in [-0.2, -0.15) is 0 Å². The Kier molecular flexibility index (Phi) is 3.19. The van der Waals surface area contributed by atoms with Crippen molar-refractivity contribution in [3.8, 4) is 0 Å². The van der Waals surface area contributed by atoms with Crippen LogP contribution in [0.4, 0.5) is 5.69 Å². The normalized spacial score (nSPS) is 15.8. The SMILES string of the molecule is CC/C=C/C1=CC(=O)N(c2ccccc2)C1=O. The minimum atomic E-state index is -0.281. The van der Waals surface area contributed by atoms with E-state index in [9.17, 15) is 9.59 Å². The van der Waals surface area contributed by atoms with Crippen LogP contribution in [0.5, 0.6) is 0 Å². The Bertz CT molecular complexity index is 500. The molecule has 0 N–H and O–H groups in total. The molecule has 0 saturated heterocycles. The molecule has 0 unspecified atom stereocenters. The monoisotopic (exact) mass is 227 g/mol. The molecule has 1 heterocycles. The number of carbonyl (C=O) groups is 2. The summed E-state index contributed by atoms with van der Waals surface area (Å²) in [6, 6.07) is 8.94. The maximum absolute atomic E-state index is 12.0. The summed E-state index contributed by atoms with van der Waals surface area (Å²) in [7, 11) is 0. The number of benzene rings is 1. The number of para-hydroxylation sites is 1. The second-order valence-corrected chi connectivity index (χ2v) is 3.72. The van der Waals surface area contributed by atoms with E-state index in [1.165, 1.54) is 11.0 Å². The van der Waals surface area contributed by atoms with Gasteiger partial charge in [-0.15, -0.1) is 0 Å². The van der Waals surface area contributed by atoms with Crippen molar-refractivity contribution >= 4 is 17.5 Å². The van der Waals surface area contributed by atoms with E-state index >= 15 is 0 Å². The first-order chi connectivity index (χ1) is 8.24. The molecule has 1 aliphatic heterocycles. The molecule has 3 heteroatoms. The number of imide groups is 1. The van der Waals surface area contributed by atoms with E-state index in [0.29, 0.717) is 11.3 Å². The van der Waals surface area contributed by atoms with Crippen molar-refractivity contribution in [2.45, 2.75) is 13.3 Å². The average Bonchev–Trinajstić information content (AvgIpc) is 2.63. The molecule has 0 aromatic heterocycles. The summed E-state index contributed by atoms with van der Waals surface area (Å²) in [6.07, 6.45) is 5.78. The molecule has 2 amide bonds. The summed E-state index contributed by atoms with van der Waals surface area (Å²) >= 11 is 0. The zero-order valence-electron chi connectivity index (χ0n) is 9.59. The van der Waals surface area contributed by atoms with Crippen LogP contribution in [0.1, 0.15) is 13.3 Å². The summed E-state index contributed by atoms with van der Waals surface area (Å²) in [5.74, 6) is -0.539. The van der Waals surface area contributed by atoms with Crippen LogP contribution < -0.4 is 4.90 Å². The standard InChI is InChI=1S/C14H13NO2/c1-2-3-7-11-10-13(16)15(14(11)17)12-8-5-4-6-9-12/h3-10H,2H2,1H3/b7-3+. The lowest BCUT2D eigenvalue weighted by atomic mass is 10.2. The van der Waals surface area contributed by atoms with E-state index < -0.39 is 0 Å². The van der Waals surface area contributed by atoms with Crippen molar-refractivity contribution in [2.24, 2.45) is 0 Å². The molecular formula is C14H13NO2. The van der Waals surface area contributed by atoms with Gasteiger partial charge in [0, 0.05) is 11.6 Å². The lowest BCUT2D eigenvalue weighted by Gasteiger charge is -2.13. The Labute approximate surface area is 100 Å². The van der Waals surface area contributed by atoms with Crippen LogP contribution in [0.15, 0.2) is 54.1 Å². The van der Waals surface area contributed by atoms with Crippen molar-refractivity contribution in [2.75, 3.05) is 4.90 Å². The lowest BCUT2D eigenvalue weighted by Crippen LogP contribution is -2.30. The second-order valence-electron chi connectivity index (χ2n) is 3.72. The van der Waals surface area contributed by atoms with Crippen molar-refractivity contribution in [1.29, 1.82) is 0 Å². The van der Waals surface area contributed by atoms with Gasteiger partial charge in [0.05, 0.1) is 5.69 Å². The summed E-state index contributed by atoms with van der Waals surface area (Å²) in [5.41, 5.74) is 1.05. The maximum Gasteiger partial charge on any atom is 0.265 e. The molecule has 0 aliphatic carbocycles. The number of hydrogen-bond acceptors (Lipinski definition) is 2. The van der Waals surface area contributed by atoms with Gasteiger partial charge in [0.1, 0.15) is 0 Å². The highest BCUT2D eigenvalue weighted by Crippen LogP contribution is 2.22. The molecule has 0 spiro atoms. The zero-order chi connectivity index (χ0) is 12.3. The van der Waals surface area contributed by atoms with E-state index in [2.05, 4.69) is 0 Å². The second kappa shape index (κ2) is 4.78. The molecule has 3 nitrogen and oxygen atoms in total. The molecule has 0 atom stereocenters. The van der Waals surface area contributed by atoms with Gasteiger partial charge in [-0.3, -0.25) is 9.59 Å². The number of hydrogen-bond donors (Lipinski definition) is 0. The van der Waals surface area contributed by atoms with E-state index in [0.717, 1.165) is 6.42 Å². The fourth-order valence-electron chi connectivity index (χ4n) is 1.67. The fraction of sp³-hybridized carbons (Fsp3) is 0.143. The topological polar surface area (TPSA) is 37.4 Å². The van der Waals surface area contributed by atoms with Gasteiger partial charge in [-0.05, 0) is 18.6 Å².